The first kappa shape index (κ1) is 9.98. The van der Waals surface area contributed by atoms with Crippen molar-refractivity contribution in [3.63, 3.8) is 0 Å². The third kappa shape index (κ3) is 1.39. The third-order valence-corrected chi connectivity index (χ3v) is 3.67. The molecule has 0 aliphatic heterocycles. The van der Waals surface area contributed by atoms with Gasteiger partial charge in [-0.15, -0.1) is 0 Å². The van der Waals surface area contributed by atoms with Crippen molar-refractivity contribution in [3.8, 4) is 0 Å². The number of hydrogen-bond donors (Lipinski definition) is 0. The van der Waals surface area contributed by atoms with E-state index >= 15 is 0 Å². The number of rotatable bonds is 0. The Morgan fingerprint density at radius 2 is 1.88 bits per heavy atom. The Morgan fingerprint density at radius 3 is 2.69 bits per heavy atom. The zero-order valence-electron chi connectivity index (χ0n) is 9.43. The number of furan rings is 1. The van der Waals surface area contributed by atoms with Crippen molar-refractivity contribution in [2.75, 3.05) is 0 Å². The van der Waals surface area contributed by atoms with Gasteiger partial charge in [0, 0.05) is 22.4 Å². The highest BCUT2D eigenvalue weighted by molar-refractivity contribution is 6.31. The van der Waals surface area contributed by atoms with Crippen LogP contribution in [0.1, 0.15) is 25.2 Å². The van der Waals surface area contributed by atoms with Crippen LogP contribution in [-0.2, 0) is 12.8 Å². The molecule has 1 heterocycles. The van der Waals surface area contributed by atoms with Crippen LogP contribution in [0.25, 0.3) is 11.0 Å². The molecule has 1 aliphatic rings. The van der Waals surface area contributed by atoms with Crippen molar-refractivity contribution in [1.29, 1.82) is 0 Å². The quantitative estimate of drug-likeness (QED) is 0.609. The number of hydrogen-bond acceptors (Lipinski definition) is 1. The molecule has 82 valence electrons. The van der Waals surface area contributed by atoms with E-state index in [9.17, 15) is 0 Å². The molecule has 0 atom stereocenters. The first-order chi connectivity index (χ1) is 7.65. The lowest BCUT2D eigenvalue weighted by Crippen LogP contribution is -2.02. The Bertz CT molecular complexity index is 604. The second-order valence-corrected chi connectivity index (χ2v) is 4.99. The molecule has 0 spiro atoms. The zero-order chi connectivity index (χ0) is 11.3. The largest absolute Gasteiger partial charge is 0.460 e. The molecule has 0 radical (unpaired) electrons. The van der Waals surface area contributed by atoms with Crippen LogP contribution in [0, 0.1) is 0 Å². The molecule has 0 N–H and O–H groups in total. The van der Waals surface area contributed by atoms with Crippen molar-refractivity contribution < 1.29 is 4.42 Å². The molecule has 1 nitrogen and oxygen atoms in total. The lowest BCUT2D eigenvalue weighted by molar-refractivity contribution is 0.549. The summed E-state index contributed by atoms with van der Waals surface area (Å²) in [6.45, 7) is 4.38. The molecule has 16 heavy (non-hydrogen) atoms. The first-order valence-corrected chi connectivity index (χ1v) is 5.88. The van der Waals surface area contributed by atoms with Crippen LogP contribution in [0.5, 0.6) is 0 Å². The van der Waals surface area contributed by atoms with Crippen molar-refractivity contribution in [2.45, 2.75) is 26.7 Å². The summed E-state index contributed by atoms with van der Waals surface area (Å²) in [5.74, 6) is 1.11. The molecule has 2 heteroatoms. The lowest BCUT2D eigenvalue weighted by Gasteiger charge is -2.13. The summed E-state index contributed by atoms with van der Waals surface area (Å²) in [6.07, 6.45) is 1.93. The topological polar surface area (TPSA) is 13.1 Å². The predicted octanol–water partition coefficient (Wildman–Crippen LogP) is 4.52. The lowest BCUT2D eigenvalue weighted by atomic mass is 9.91. The Hall–Kier alpha value is -1.21. The van der Waals surface area contributed by atoms with Crippen LogP contribution in [0.3, 0.4) is 0 Å². The molecule has 0 unspecified atom stereocenters. The number of benzene rings is 1. The highest BCUT2D eigenvalue weighted by Crippen LogP contribution is 2.35. The van der Waals surface area contributed by atoms with Crippen molar-refractivity contribution in [3.05, 3.63) is 45.7 Å². The maximum absolute atomic E-state index is 6.03. The van der Waals surface area contributed by atoms with E-state index in [1.165, 1.54) is 22.1 Å². The molecule has 1 aromatic carbocycles. The van der Waals surface area contributed by atoms with Crippen LogP contribution < -0.4 is 0 Å². The highest BCUT2D eigenvalue weighted by atomic mass is 35.5. The second kappa shape index (κ2) is 3.39. The van der Waals surface area contributed by atoms with E-state index < -0.39 is 0 Å². The Labute approximate surface area is 99.7 Å². The number of halogens is 1. The van der Waals surface area contributed by atoms with Crippen molar-refractivity contribution >= 4 is 22.6 Å². The van der Waals surface area contributed by atoms with Crippen LogP contribution in [0.2, 0.25) is 5.02 Å². The summed E-state index contributed by atoms with van der Waals surface area (Å²) >= 11 is 6.03. The van der Waals surface area contributed by atoms with E-state index in [0.29, 0.717) is 0 Å². The summed E-state index contributed by atoms with van der Waals surface area (Å²) in [6, 6.07) is 5.85. The Kier molecular flexibility index (Phi) is 2.11. The maximum Gasteiger partial charge on any atom is 0.134 e. The van der Waals surface area contributed by atoms with Gasteiger partial charge in [-0.25, -0.2) is 0 Å². The fourth-order valence-corrected chi connectivity index (χ4v) is 2.49. The normalized spacial score (nSPS) is 15.7. The maximum atomic E-state index is 6.03. The molecular formula is C14H13ClO. The molecule has 3 rings (SSSR count). The highest BCUT2D eigenvalue weighted by Gasteiger charge is 2.20. The van der Waals surface area contributed by atoms with E-state index in [-0.39, 0.29) is 0 Å². The summed E-state index contributed by atoms with van der Waals surface area (Å²) in [5.41, 5.74) is 5.16. The van der Waals surface area contributed by atoms with E-state index in [4.69, 9.17) is 16.0 Å². The van der Waals surface area contributed by atoms with Gasteiger partial charge in [-0.2, -0.15) is 0 Å². The molecule has 1 aliphatic carbocycles. The van der Waals surface area contributed by atoms with Gasteiger partial charge in [0.2, 0.25) is 0 Å². The van der Waals surface area contributed by atoms with Gasteiger partial charge in [-0.3, -0.25) is 0 Å². The van der Waals surface area contributed by atoms with E-state index in [0.717, 1.165) is 29.2 Å². The average Bonchev–Trinajstić information content (AvgIpc) is 2.57. The molecule has 1 aromatic heterocycles. The SMILES string of the molecule is CC1=C(C)Cc2c(oc3ccc(Cl)cc23)C1. The third-order valence-electron chi connectivity index (χ3n) is 3.43. The van der Waals surface area contributed by atoms with Crippen LogP contribution in [-0.4, -0.2) is 0 Å². The van der Waals surface area contributed by atoms with Gasteiger partial charge in [0.15, 0.2) is 0 Å². The van der Waals surface area contributed by atoms with Gasteiger partial charge in [0.1, 0.15) is 11.3 Å². The monoisotopic (exact) mass is 232 g/mol. The molecule has 0 fully saturated rings. The second-order valence-electron chi connectivity index (χ2n) is 4.56. The van der Waals surface area contributed by atoms with Gasteiger partial charge in [0.05, 0.1) is 0 Å². The van der Waals surface area contributed by atoms with Gasteiger partial charge >= 0.3 is 0 Å². The molecular weight excluding hydrogens is 220 g/mol. The summed E-state index contributed by atoms with van der Waals surface area (Å²) in [5, 5.41) is 1.95. The van der Waals surface area contributed by atoms with Crippen molar-refractivity contribution in [1.82, 2.24) is 0 Å². The molecule has 0 saturated carbocycles. The van der Waals surface area contributed by atoms with Gasteiger partial charge in [0.25, 0.3) is 0 Å². The van der Waals surface area contributed by atoms with Crippen LogP contribution >= 0.6 is 11.6 Å². The molecule has 0 saturated heterocycles. The molecule has 2 aromatic rings. The Balaban J connectivity index is 2.25. The minimum atomic E-state index is 0.778. The average molecular weight is 233 g/mol. The minimum absolute atomic E-state index is 0.778. The fourth-order valence-electron chi connectivity index (χ4n) is 2.32. The fraction of sp³-hybridized carbons (Fsp3) is 0.286. The number of allylic oxidation sites excluding steroid dienone is 2. The predicted molar refractivity (Wildman–Crippen MR) is 67.0 cm³/mol. The zero-order valence-corrected chi connectivity index (χ0v) is 10.2. The minimum Gasteiger partial charge on any atom is -0.460 e. The van der Waals surface area contributed by atoms with Gasteiger partial charge in [-0.05, 0) is 38.5 Å². The smallest absolute Gasteiger partial charge is 0.134 e. The standard InChI is InChI=1S/C14H13ClO/c1-8-5-11-12-7-10(15)3-4-13(12)16-14(11)6-9(8)2/h3-4,7H,5-6H2,1-2H3. The van der Waals surface area contributed by atoms with Crippen molar-refractivity contribution in [2.24, 2.45) is 0 Å². The molecule has 0 bridgehead atoms. The Morgan fingerprint density at radius 1 is 1.12 bits per heavy atom. The summed E-state index contributed by atoms with van der Waals surface area (Å²) < 4.78 is 5.87. The van der Waals surface area contributed by atoms with E-state index in [1.807, 2.05) is 18.2 Å². The van der Waals surface area contributed by atoms with Crippen LogP contribution in [0.15, 0.2) is 33.8 Å². The number of fused-ring (bicyclic) bond motifs is 3. The van der Waals surface area contributed by atoms with E-state index in [1.54, 1.807) is 0 Å². The van der Waals surface area contributed by atoms with Crippen LogP contribution in [0.4, 0.5) is 0 Å². The van der Waals surface area contributed by atoms with E-state index in [2.05, 4.69) is 13.8 Å². The van der Waals surface area contributed by atoms with Gasteiger partial charge < -0.3 is 4.42 Å². The summed E-state index contributed by atoms with van der Waals surface area (Å²) in [7, 11) is 0. The first-order valence-electron chi connectivity index (χ1n) is 5.50. The molecule has 0 amide bonds. The summed E-state index contributed by atoms with van der Waals surface area (Å²) in [4.78, 5) is 0. The van der Waals surface area contributed by atoms with Gasteiger partial charge in [-0.1, -0.05) is 22.7 Å².